The summed E-state index contributed by atoms with van der Waals surface area (Å²) in [6.07, 6.45) is -3.42. The molecule has 1 unspecified atom stereocenters. The molecular formula is C21H23FN2O8. The van der Waals surface area contributed by atoms with Gasteiger partial charge in [0.1, 0.15) is 11.9 Å². The number of aromatic amines is 1. The van der Waals surface area contributed by atoms with Crippen LogP contribution in [0.3, 0.4) is 0 Å². The monoisotopic (exact) mass is 450 g/mol. The van der Waals surface area contributed by atoms with Crippen LogP contribution >= 0.6 is 0 Å². The number of nitrogens with one attached hydrogen (secondary N) is 1. The predicted molar refractivity (Wildman–Crippen MR) is 107 cm³/mol. The quantitative estimate of drug-likeness (QED) is 0.657. The molecule has 2 fully saturated rings. The van der Waals surface area contributed by atoms with E-state index in [0.29, 0.717) is 11.3 Å². The molecule has 4 rings (SSSR count). The highest BCUT2D eigenvalue weighted by atomic mass is 19.2. The van der Waals surface area contributed by atoms with Gasteiger partial charge in [0.2, 0.25) is 0 Å². The van der Waals surface area contributed by atoms with E-state index < -0.39 is 60.3 Å². The van der Waals surface area contributed by atoms with E-state index in [1.807, 2.05) is 0 Å². The van der Waals surface area contributed by atoms with Gasteiger partial charge in [-0.05, 0) is 12.1 Å². The Morgan fingerprint density at radius 3 is 2.56 bits per heavy atom. The van der Waals surface area contributed by atoms with Crippen LogP contribution in [0.4, 0.5) is 4.39 Å². The largest absolute Gasteiger partial charge is 0.497 e. The summed E-state index contributed by atoms with van der Waals surface area (Å²) in [6.45, 7) is 2.48. The van der Waals surface area contributed by atoms with E-state index in [1.165, 1.54) is 13.3 Å². The summed E-state index contributed by atoms with van der Waals surface area (Å²) in [5, 5.41) is 0. The Morgan fingerprint density at radius 2 is 1.94 bits per heavy atom. The lowest BCUT2D eigenvalue weighted by atomic mass is 10.1. The van der Waals surface area contributed by atoms with Crippen molar-refractivity contribution in [3.05, 3.63) is 62.9 Å². The van der Waals surface area contributed by atoms with Gasteiger partial charge in [-0.2, -0.15) is 0 Å². The zero-order valence-electron chi connectivity index (χ0n) is 17.6. The molecule has 1 aromatic carbocycles. The molecule has 0 saturated carbocycles. The van der Waals surface area contributed by atoms with Gasteiger partial charge in [0.25, 0.3) is 11.4 Å². The number of H-pyrrole nitrogens is 1. The molecule has 2 saturated heterocycles. The predicted octanol–water partition coefficient (Wildman–Crippen LogP) is 1.42. The van der Waals surface area contributed by atoms with Crippen LogP contribution in [0.1, 0.15) is 31.9 Å². The molecule has 172 valence electrons. The van der Waals surface area contributed by atoms with Crippen LogP contribution in [0, 0.1) is 5.92 Å². The van der Waals surface area contributed by atoms with Crippen LogP contribution in [-0.4, -0.2) is 47.3 Å². The van der Waals surface area contributed by atoms with Gasteiger partial charge in [-0.3, -0.25) is 19.1 Å². The summed E-state index contributed by atoms with van der Waals surface area (Å²) in [5.74, 6) is -3.05. The molecule has 0 spiro atoms. The summed E-state index contributed by atoms with van der Waals surface area (Å²) in [4.78, 5) is 37.7. The third-order valence-corrected chi connectivity index (χ3v) is 5.27. The Bertz CT molecular complexity index is 1100. The fourth-order valence-corrected chi connectivity index (χ4v) is 3.57. The second-order valence-electron chi connectivity index (χ2n) is 7.84. The van der Waals surface area contributed by atoms with Gasteiger partial charge in [0, 0.05) is 17.8 Å². The van der Waals surface area contributed by atoms with E-state index in [2.05, 4.69) is 4.98 Å². The van der Waals surface area contributed by atoms with Gasteiger partial charge in [0.05, 0.1) is 13.0 Å². The molecule has 11 heteroatoms. The van der Waals surface area contributed by atoms with Gasteiger partial charge in [0.15, 0.2) is 25.2 Å². The SMILES string of the molecule is COc1ccc(C2O[C@H]3[C@H](n4ccc(=O)[nH]c4=O)O[C@](F)(COC(=O)C(C)C)[C@H]3O2)cc1. The number of benzene rings is 1. The molecular weight excluding hydrogens is 427 g/mol. The smallest absolute Gasteiger partial charge is 0.330 e. The summed E-state index contributed by atoms with van der Waals surface area (Å²) < 4.78 is 44.4. The number of rotatable bonds is 6. The zero-order valence-corrected chi connectivity index (χ0v) is 17.6. The molecule has 1 N–H and O–H groups in total. The highest BCUT2D eigenvalue weighted by Crippen LogP contribution is 2.49. The lowest BCUT2D eigenvalue weighted by Crippen LogP contribution is -2.43. The third-order valence-electron chi connectivity index (χ3n) is 5.27. The number of hydrogen-bond acceptors (Lipinski definition) is 8. The van der Waals surface area contributed by atoms with Crippen molar-refractivity contribution < 1.29 is 32.9 Å². The number of carbonyl (C=O) groups excluding carboxylic acids is 1. The first-order valence-corrected chi connectivity index (χ1v) is 10.0. The molecule has 5 atom stereocenters. The van der Waals surface area contributed by atoms with Crippen molar-refractivity contribution in [3.8, 4) is 5.75 Å². The minimum absolute atomic E-state index is 0.471. The first kappa shape index (κ1) is 22.2. The van der Waals surface area contributed by atoms with Crippen molar-refractivity contribution in [2.45, 2.75) is 44.4 Å². The Labute approximate surface area is 181 Å². The van der Waals surface area contributed by atoms with Gasteiger partial charge in [-0.25, -0.2) is 9.18 Å². The summed E-state index contributed by atoms with van der Waals surface area (Å²) in [6, 6.07) is 7.90. The van der Waals surface area contributed by atoms with Crippen molar-refractivity contribution in [1.82, 2.24) is 9.55 Å². The van der Waals surface area contributed by atoms with E-state index in [0.717, 1.165) is 10.6 Å². The second-order valence-corrected chi connectivity index (χ2v) is 7.84. The van der Waals surface area contributed by atoms with E-state index >= 15 is 4.39 Å². The fraction of sp³-hybridized carbons (Fsp3) is 0.476. The fourth-order valence-electron chi connectivity index (χ4n) is 3.57. The molecule has 0 amide bonds. The Kier molecular flexibility index (Phi) is 5.89. The lowest BCUT2D eigenvalue weighted by molar-refractivity contribution is -0.249. The molecule has 2 aromatic rings. The van der Waals surface area contributed by atoms with Crippen LogP contribution in [0.25, 0.3) is 0 Å². The molecule has 0 bridgehead atoms. The van der Waals surface area contributed by atoms with Crippen LogP contribution < -0.4 is 16.0 Å². The molecule has 2 aliphatic rings. The lowest BCUT2D eigenvalue weighted by Gasteiger charge is -2.26. The Morgan fingerprint density at radius 1 is 1.22 bits per heavy atom. The van der Waals surface area contributed by atoms with Crippen molar-refractivity contribution in [3.63, 3.8) is 0 Å². The van der Waals surface area contributed by atoms with Crippen molar-refractivity contribution in [1.29, 1.82) is 0 Å². The molecule has 0 radical (unpaired) electrons. The third kappa shape index (κ3) is 4.06. The first-order valence-electron chi connectivity index (χ1n) is 10.0. The van der Waals surface area contributed by atoms with Crippen LogP contribution in [-0.2, 0) is 23.7 Å². The number of aromatic nitrogens is 2. The van der Waals surface area contributed by atoms with Gasteiger partial charge in [-0.15, -0.1) is 0 Å². The van der Waals surface area contributed by atoms with Crippen molar-refractivity contribution in [2.75, 3.05) is 13.7 Å². The topological polar surface area (TPSA) is 118 Å². The highest BCUT2D eigenvalue weighted by molar-refractivity contribution is 5.71. The van der Waals surface area contributed by atoms with Gasteiger partial charge >= 0.3 is 11.7 Å². The number of halogens is 1. The maximum absolute atomic E-state index is 15.9. The molecule has 1 aromatic heterocycles. The van der Waals surface area contributed by atoms with E-state index in [9.17, 15) is 14.4 Å². The van der Waals surface area contributed by atoms with Crippen LogP contribution in [0.5, 0.6) is 5.75 Å². The average Bonchev–Trinajstić information content (AvgIpc) is 3.32. The molecule has 3 heterocycles. The summed E-state index contributed by atoms with van der Waals surface area (Å²) in [7, 11) is 1.53. The number of fused-ring (bicyclic) bond motifs is 1. The molecule has 32 heavy (non-hydrogen) atoms. The Hall–Kier alpha value is -3.02. The zero-order chi connectivity index (χ0) is 23.0. The molecule has 0 aliphatic carbocycles. The minimum atomic E-state index is -2.59. The maximum Gasteiger partial charge on any atom is 0.330 e. The highest BCUT2D eigenvalue weighted by Gasteiger charge is 2.64. The number of ether oxygens (including phenoxy) is 5. The van der Waals surface area contributed by atoms with Crippen LogP contribution in [0.2, 0.25) is 0 Å². The molecule has 10 nitrogen and oxygen atoms in total. The maximum atomic E-state index is 15.9. The first-order chi connectivity index (χ1) is 15.2. The second kappa shape index (κ2) is 8.49. The minimum Gasteiger partial charge on any atom is -0.497 e. The van der Waals surface area contributed by atoms with E-state index in [-0.39, 0.29) is 0 Å². The number of esters is 1. The Balaban J connectivity index is 1.65. The van der Waals surface area contributed by atoms with E-state index in [4.69, 9.17) is 23.7 Å². The summed E-state index contributed by atoms with van der Waals surface area (Å²) >= 11 is 0. The summed E-state index contributed by atoms with van der Waals surface area (Å²) in [5.41, 5.74) is -0.826. The van der Waals surface area contributed by atoms with Crippen molar-refractivity contribution >= 4 is 5.97 Å². The number of nitrogens with zero attached hydrogens (tertiary/aromatic N) is 1. The number of carbonyl (C=O) groups is 1. The standard InChI is InChI=1S/C21H23FN2O8/c1-11(2)18(26)29-10-21(22)16-15(17(32-21)24-9-8-14(25)23-20(24)27)30-19(31-16)12-4-6-13(28-3)7-5-12/h4-9,11,15-17,19H,10H2,1-3H3,(H,23,25,27)/t15-,16+,17-,19?,21-/m1/s1. The van der Waals surface area contributed by atoms with E-state index in [1.54, 1.807) is 38.1 Å². The van der Waals surface area contributed by atoms with Gasteiger partial charge in [-0.1, -0.05) is 26.0 Å². The number of hydrogen-bond donors (Lipinski definition) is 1. The van der Waals surface area contributed by atoms with Crippen LogP contribution in [0.15, 0.2) is 46.1 Å². The number of methoxy groups -OCH3 is 1. The number of alkyl halides is 1. The normalized spacial score (nSPS) is 29.2. The average molecular weight is 450 g/mol. The van der Waals surface area contributed by atoms with Crippen molar-refractivity contribution in [2.24, 2.45) is 5.92 Å². The van der Waals surface area contributed by atoms with Gasteiger partial charge < -0.3 is 23.7 Å². The molecule has 2 aliphatic heterocycles.